The second kappa shape index (κ2) is 5.34. The van der Waals surface area contributed by atoms with Gasteiger partial charge in [0, 0.05) is 11.8 Å². The van der Waals surface area contributed by atoms with E-state index in [1.807, 2.05) is 0 Å². The second-order valence-corrected chi connectivity index (χ2v) is 3.38. The van der Waals surface area contributed by atoms with Gasteiger partial charge in [0.25, 0.3) is 0 Å². The van der Waals surface area contributed by atoms with Crippen molar-refractivity contribution < 1.29 is 0 Å². The number of rotatable bonds is 4. The summed E-state index contributed by atoms with van der Waals surface area (Å²) in [6.07, 6.45) is 2.31. The summed E-state index contributed by atoms with van der Waals surface area (Å²) in [5, 5.41) is 0. The predicted molar refractivity (Wildman–Crippen MR) is 52.3 cm³/mol. The van der Waals surface area contributed by atoms with Gasteiger partial charge in [0.15, 0.2) is 0 Å². The number of hydrogen-bond acceptors (Lipinski definition) is 1. The standard InChI is InChI=1S/C10H21N/c1-6-9(5)10(7-2)11-8(3)4/h8-9H,6-7H2,1-5H3. The Kier molecular flexibility index (Phi) is 5.18. The Morgan fingerprint density at radius 1 is 1.18 bits per heavy atom. The number of nitrogens with zero attached hydrogens (tertiary/aromatic N) is 1. The molecule has 0 spiro atoms. The molecule has 1 atom stereocenters. The van der Waals surface area contributed by atoms with Crippen LogP contribution in [0.4, 0.5) is 0 Å². The molecule has 0 aromatic carbocycles. The van der Waals surface area contributed by atoms with Gasteiger partial charge in [0.05, 0.1) is 0 Å². The Bertz CT molecular complexity index is 125. The fourth-order valence-corrected chi connectivity index (χ4v) is 1.13. The molecule has 0 heterocycles. The largest absolute Gasteiger partial charge is 0.291 e. The van der Waals surface area contributed by atoms with E-state index in [9.17, 15) is 0 Å². The topological polar surface area (TPSA) is 12.4 Å². The highest BCUT2D eigenvalue weighted by Crippen LogP contribution is 2.08. The first kappa shape index (κ1) is 10.7. The van der Waals surface area contributed by atoms with Crippen molar-refractivity contribution >= 4 is 5.71 Å². The molecule has 0 N–H and O–H groups in total. The van der Waals surface area contributed by atoms with Crippen molar-refractivity contribution in [3.8, 4) is 0 Å². The predicted octanol–water partition coefficient (Wildman–Crippen LogP) is 3.29. The highest BCUT2D eigenvalue weighted by atomic mass is 14.8. The first-order valence-corrected chi connectivity index (χ1v) is 4.68. The van der Waals surface area contributed by atoms with E-state index in [2.05, 4.69) is 39.6 Å². The van der Waals surface area contributed by atoms with Gasteiger partial charge in [-0.25, -0.2) is 0 Å². The minimum Gasteiger partial charge on any atom is -0.291 e. The van der Waals surface area contributed by atoms with Gasteiger partial charge in [0.2, 0.25) is 0 Å². The Morgan fingerprint density at radius 3 is 2.00 bits per heavy atom. The summed E-state index contributed by atoms with van der Waals surface area (Å²) in [6, 6.07) is 0.457. The van der Waals surface area contributed by atoms with Crippen LogP contribution in [0.5, 0.6) is 0 Å². The highest BCUT2D eigenvalue weighted by molar-refractivity contribution is 5.86. The number of aliphatic imine (C=N–C) groups is 1. The molecule has 66 valence electrons. The third kappa shape index (κ3) is 4.18. The van der Waals surface area contributed by atoms with Crippen LogP contribution >= 0.6 is 0 Å². The van der Waals surface area contributed by atoms with Crippen molar-refractivity contribution in [3.05, 3.63) is 0 Å². The summed E-state index contributed by atoms with van der Waals surface area (Å²) in [7, 11) is 0. The summed E-state index contributed by atoms with van der Waals surface area (Å²) in [5.74, 6) is 0.669. The van der Waals surface area contributed by atoms with Crippen molar-refractivity contribution in [3.63, 3.8) is 0 Å². The van der Waals surface area contributed by atoms with Gasteiger partial charge >= 0.3 is 0 Å². The molecular formula is C10H21N. The lowest BCUT2D eigenvalue weighted by Crippen LogP contribution is -2.11. The van der Waals surface area contributed by atoms with E-state index in [-0.39, 0.29) is 0 Å². The Labute approximate surface area is 70.9 Å². The van der Waals surface area contributed by atoms with Gasteiger partial charge in [-0.1, -0.05) is 20.8 Å². The van der Waals surface area contributed by atoms with Gasteiger partial charge in [0.1, 0.15) is 0 Å². The molecule has 0 amide bonds. The van der Waals surface area contributed by atoms with E-state index in [1.54, 1.807) is 0 Å². The minimum atomic E-state index is 0.457. The van der Waals surface area contributed by atoms with E-state index in [0.717, 1.165) is 6.42 Å². The van der Waals surface area contributed by atoms with Gasteiger partial charge in [-0.3, -0.25) is 4.99 Å². The third-order valence-corrected chi connectivity index (χ3v) is 1.97. The molecule has 0 rings (SSSR count). The van der Waals surface area contributed by atoms with Crippen LogP contribution in [-0.4, -0.2) is 11.8 Å². The molecule has 0 aliphatic heterocycles. The van der Waals surface area contributed by atoms with Gasteiger partial charge in [-0.05, 0) is 32.6 Å². The zero-order valence-electron chi connectivity index (χ0n) is 8.52. The summed E-state index contributed by atoms with van der Waals surface area (Å²) in [4.78, 5) is 4.58. The molecule has 0 bridgehead atoms. The lowest BCUT2D eigenvalue weighted by atomic mass is 10.0. The molecule has 0 aromatic rings. The van der Waals surface area contributed by atoms with Crippen molar-refractivity contribution in [1.82, 2.24) is 0 Å². The third-order valence-electron chi connectivity index (χ3n) is 1.97. The SMILES string of the molecule is CCC(=NC(C)C)C(C)CC. The Morgan fingerprint density at radius 2 is 1.73 bits per heavy atom. The first-order valence-electron chi connectivity index (χ1n) is 4.68. The summed E-state index contributed by atoms with van der Waals surface area (Å²) >= 11 is 0. The maximum Gasteiger partial charge on any atom is 0.0442 e. The van der Waals surface area contributed by atoms with E-state index in [0.29, 0.717) is 12.0 Å². The van der Waals surface area contributed by atoms with Gasteiger partial charge in [-0.2, -0.15) is 0 Å². The fraction of sp³-hybridized carbons (Fsp3) is 0.900. The molecular weight excluding hydrogens is 134 g/mol. The summed E-state index contributed by atoms with van der Waals surface area (Å²) in [6.45, 7) is 10.9. The summed E-state index contributed by atoms with van der Waals surface area (Å²) in [5.41, 5.74) is 1.38. The lowest BCUT2D eigenvalue weighted by Gasteiger charge is -2.12. The first-order chi connectivity index (χ1) is 5.11. The smallest absolute Gasteiger partial charge is 0.0442 e. The maximum atomic E-state index is 4.58. The van der Waals surface area contributed by atoms with Crippen LogP contribution in [0.25, 0.3) is 0 Å². The van der Waals surface area contributed by atoms with Crippen molar-refractivity contribution in [2.75, 3.05) is 0 Å². The molecule has 1 heteroatoms. The summed E-state index contributed by atoms with van der Waals surface area (Å²) < 4.78 is 0. The second-order valence-electron chi connectivity index (χ2n) is 3.38. The quantitative estimate of drug-likeness (QED) is 0.552. The average molecular weight is 155 g/mol. The van der Waals surface area contributed by atoms with Crippen LogP contribution in [0.15, 0.2) is 4.99 Å². The highest BCUT2D eigenvalue weighted by Gasteiger charge is 2.05. The normalized spacial score (nSPS) is 15.6. The van der Waals surface area contributed by atoms with Crippen LogP contribution in [0.3, 0.4) is 0 Å². The van der Waals surface area contributed by atoms with Crippen LogP contribution < -0.4 is 0 Å². The molecule has 0 fully saturated rings. The molecule has 0 aliphatic rings. The van der Waals surface area contributed by atoms with E-state index < -0.39 is 0 Å². The lowest BCUT2D eigenvalue weighted by molar-refractivity contribution is 0.705. The average Bonchev–Trinajstić information content (AvgIpc) is 1.98. The van der Waals surface area contributed by atoms with E-state index >= 15 is 0 Å². The van der Waals surface area contributed by atoms with E-state index in [4.69, 9.17) is 0 Å². The van der Waals surface area contributed by atoms with Crippen molar-refractivity contribution in [2.45, 2.75) is 53.5 Å². The molecule has 0 saturated carbocycles. The van der Waals surface area contributed by atoms with Gasteiger partial charge < -0.3 is 0 Å². The molecule has 1 unspecified atom stereocenters. The molecule has 11 heavy (non-hydrogen) atoms. The zero-order valence-corrected chi connectivity index (χ0v) is 8.52. The Hall–Kier alpha value is -0.330. The van der Waals surface area contributed by atoms with Crippen LogP contribution in [-0.2, 0) is 0 Å². The molecule has 1 nitrogen and oxygen atoms in total. The molecule has 0 aromatic heterocycles. The van der Waals surface area contributed by atoms with Crippen LogP contribution in [0.2, 0.25) is 0 Å². The fourth-order valence-electron chi connectivity index (χ4n) is 1.13. The maximum absolute atomic E-state index is 4.58. The van der Waals surface area contributed by atoms with E-state index in [1.165, 1.54) is 12.1 Å². The van der Waals surface area contributed by atoms with Gasteiger partial charge in [-0.15, -0.1) is 0 Å². The van der Waals surface area contributed by atoms with Crippen molar-refractivity contribution in [2.24, 2.45) is 10.9 Å². The van der Waals surface area contributed by atoms with Crippen LogP contribution in [0, 0.1) is 5.92 Å². The molecule has 0 aliphatic carbocycles. The van der Waals surface area contributed by atoms with Crippen LogP contribution in [0.1, 0.15) is 47.5 Å². The van der Waals surface area contributed by atoms with Crippen molar-refractivity contribution in [1.29, 1.82) is 0 Å². The monoisotopic (exact) mass is 155 g/mol. The number of hydrogen-bond donors (Lipinski definition) is 0. The molecule has 0 saturated heterocycles. The Balaban J connectivity index is 4.14. The zero-order chi connectivity index (χ0) is 8.85. The molecule has 0 radical (unpaired) electrons. The minimum absolute atomic E-state index is 0.457.